The second-order valence-corrected chi connectivity index (χ2v) is 6.13. The Hall–Kier alpha value is -3.55. The molecule has 0 fully saturated rings. The van der Waals surface area contributed by atoms with Gasteiger partial charge in [-0.25, -0.2) is 23.5 Å². The van der Waals surface area contributed by atoms with Crippen LogP contribution in [0.3, 0.4) is 0 Å². The van der Waals surface area contributed by atoms with Crippen LogP contribution in [0.2, 0.25) is 0 Å². The number of benzene rings is 2. The Kier molecular flexibility index (Phi) is 4.98. The average Bonchev–Trinajstić information content (AvgIpc) is 2.62. The minimum absolute atomic E-state index is 0.159. The van der Waals surface area contributed by atoms with Gasteiger partial charge in [0.05, 0.1) is 11.8 Å². The fourth-order valence-electron chi connectivity index (χ4n) is 2.46. The maximum absolute atomic E-state index is 12.4. The quantitative estimate of drug-likeness (QED) is 0.740. The van der Waals surface area contributed by atoms with Gasteiger partial charge in [-0.15, -0.1) is 0 Å². The number of rotatable bonds is 5. The number of H-pyrrole nitrogens is 1. The molecule has 0 unspecified atom stereocenters. The summed E-state index contributed by atoms with van der Waals surface area (Å²) in [4.78, 5) is 38.2. The Balaban J connectivity index is 2.12. The fourth-order valence-corrected chi connectivity index (χ4v) is 2.46. The van der Waals surface area contributed by atoms with Crippen LogP contribution in [0.1, 0.15) is 13.8 Å². The van der Waals surface area contributed by atoms with Crippen LogP contribution in [-0.4, -0.2) is 20.2 Å². The summed E-state index contributed by atoms with van der Waals surface area (Å²) in [6.07, 6.45) is -0.159. The van der Waals surface area contributed by atoms with Gasteiger partial charge in [-0.05, 0) is 38.1 Å². The number of aromatic amines is 1. The zero-order chi connectivity index (χ0) is 19.6. The molecule has 8 heteroatoms. The van der Waals surface area contributed by atoms with Crippen molar-refractivity contribution < 1.29 is 9.47 Å². The molecule has 0 amide bonds. The smallest absolute Gasteiger partial charge is 0.340 e. The lowest BCUT2D eigenvalue weighted by molar-refractivity contribution is 0.233. The summed E-state index contributed by atoms with van der Waals surface area (Å²) >= 11 is 0. The van der Waals surface area contributed by atoms with Crippen molar-refractivity contribution in [1.82, 2.24) is 14.1 Å². The first-order chi connectivity index (χ1) is 12.9. The van der Waals surface area contributed by atoms with E-state index in [4.69, 9.17) is 9.47 Å². The van der Waals surface area contributed by atoms with Crippen LogP contribution in [0.4, 0.5) is 0 Å². The summed E-state index contributed by atoms with van der Waals surface area (Å²) in [6, 6.07) is 13.8. The van der Waals surface area contributed by atoms with E-state index in [1.165, 1.54) is 13.1 Å². The number of aromatic nitrogens is 3. The second kappa shape index (κ2) is 7.36. The molecule has 0 atom stereocenters. The molecule has 3 aromatic rings. The molecule has 27 heavy (non-hydrogen) atoms. The van der Waals surface area contributed by atoms with Crippen LogP contribution >= 0.6 is 0 Å². The van der Waals surface area contributed by atoms with Crippen LogP contribution in [0.15, 0.2) is 62.9 Å². The maximum Gasteiger partial charge on any atom is 0.340 e. The standard InChI is InChI=1S/C19H19N3O5/c1-12(2)26-16-11-13(22-18(24)20-17(23)21(3)19(22)25)9-10-15(16)27-14-7-5-4-6-8-14/h4-12H,1-3H3,(H,20,23,24). The predicted molar refractivity (Wildman–Crippen MR) is 100 cm³/mol. The van der Waals surface area contributed by atoms with E-state index in [0.717, 1.165) is 9.13 Å². The van der Waals surface area contributed by atoms with Crippen molar-refractivity contribution in [2.24, 2.45) is 7.05 Å². The van der Waals surface area contributed by atoms with E-state index in [1.807, 2.05) is 32.0 Å². The van der Waals surface area contributed by atoms with Crippen molar-refractivity contribution in [2.45, 2.75) is 20.0 Å². The zero-order valence-electron chi connectivity index (χ0n) is 15.1. The number of nitrogens with zero attached hydrogens (tertiary/aromatic N) is 2. The minimum Gasteiger partial charge on any atom is -0.487 e. The molecule has 1 aromatic heterocycles. The summed E-state index contributed by atoms with van der Waals surface area (Å²) in [5, 5.41) is 0. The number of nitrogens with one attached hydrogen (secondary N) is 1. The summed E-state index contributed by atoms with van der Waals surface area (Å²) in [7, 11) is 1.29. The predicted octanol–water partition coefficient (Wildman–Crippen LogP) is 1.80. The van der Waals surface area contributed by atoms with Crippen molar-refractivity contribution >= 4 is 0 Å². The zero-order valence-corrected chi connectivity index (χ0v) is 15.1. The van der Waals surface area contributed by atoms with Crippen molar-refractivity contribution in [3.05, 3.63) is 80.0 Å². The minimum atomic E-state index is -0.824. The summed E-state index contributed by atoms with van der Waals surface area (Å²) in [5.74, 6) is 1.43. The van der Waals surface area contributed by atoms with Gasteiger partial charge in [0.1, 0.15) is 5.75 Å². The molecule has 3 rings (SSSR count). The fraction of sp³-hybridized carbons (Fsp3) is 0.211. The highest BCUT2D eigenvalue weighted by Crippen LogP contribution is 2.33. The Morgan fingerprint density at radius 1 is 0.926 bits per heavy atom. The van der Waals surface area contributed by atoms with Gasteiger partial charge < -0.3 is 9.47 Å². The van der Waals surface area contributed by atoms with Crippen LogP contribution in [0.5, 0.6) is 17.2 Å². The van der Waals surface area contributed by atoms with Crippen LogP contribution in [-0.2, 0) is 7.05 Å². The molecular weight excluding hydrogens is 350 g/mol. The van der Waals surface area contributed by atoms with Gasteiger partial charge in [0, 0.05) is 13.1 Å². The average molecular weight is 369 g/mol. The van der Waals surface area contributed by atoms with Crippen molar-refractivity contribution in [3.63, 3.8) is 0 Å². The molecule has 0 aliphatic rings. The summed E-state index contributed by atoms with van der Waals surface area (Å²) < 4.78 is 13.3. The van der Waals surface area contributed by atoms with Crippen molar-refractivity contribution in [3.8, 4) is 22.9 Å². The van der Waals surface area contributed by atoms with Gasteiger partial charge in [-0.2, -0.15) is 0 Å². The van der Waals surface area contributed by atoms with E-state index < -0.39 is 17.1 Å². The van der Waals surface area contributed by atoms with Gasteiger partial charge in [-0.3, -0.25) is 4.98 Å². The van der Waals surface area contributed by atoms with Gasteiger partial charge in [-0.1, -0.05) is 18.2 Å². The number of hydrogen-bond acceptors (Lipinski definition) is 5. The van der Waals surface area contributed by atoms with E-state index in [9.17, 15) is 14.4 Å². The molecule has 0 aliphatic heterocycles. The summed E-state index contributed by atoms with van der Waals surface area (Å²) in [6.45, 7) is 3.70. The molecule has 140 valence electrons. The normalized spacial score (nSPS) is 10.8. The molecule has 2 aromatic carbocycles. The molecule has 1 heterocycles. The SMILES string of the molecule is CC(C)Oc1cc(-n2c(=O)[nH]c(=O)n(C)c2=O)ccc1Oc1ccccc1. The van der Waals surface area contributed by atoms with E-state index in [1.54, 1.807) is 24.3 Å². The molecule has 0 saturated heterocycles. The molecule has 0 bridgehead atoms. The van der Waals surface area contributed by atoms with E-state index in [-0.39, 0.29) is 11.8 Å². The molecule has 0 radical (unpaired) electrons. The molecule has 0 spiro atoms. The third kappa shape index (κ3) is 3.84. The summed E-state index contributed by atoms with van der Waals surface area (Å²) in [5.41, 5.74) is -2.09. The Morgan fingerprint density at radius 2 is 1.63 bits per heavy atom. The monoisotopic (exact) mass is 369 g/mol. The lowest BCUT2D eigenvalue weighted by atomic mass is 10.2. The highest BCUT2D eigenvalue weighted by atomic mass is 16.5. The van der Waals surface area contributed by atoms with E-state index >= 15 is 0 Å². The number of para-hydroxylation sites is 1. The molecule has 0 aliphatic carbocycles. The lowest BCUT2D eigenvalue weighted by Gasteiger charge is -2.16. The Labute approximate surface area is 154 Å². The maximum atomic E-state index is 12.4. The van der Waals surface area contributed by atoms with Gasteiger partial charge in [0.25, 0.3) is 0 Å². The van der Waals surface area contributed by atoms with E-state index in [2.05, 4.69) is 4.98 Å². The number of ether oxygens (including phenoxy) is 2. The third-order valence-electron chi connectivity index (χ3n) is 3.72. The Morgan fingerprint density at radius 3 is 2.30 bits per heavy atom. The van der Waals surface area contributed by atoms with E-state index in [0.29, 0.717) is 17.2 Å². The molecular formula is C19H19N3O5. The van der Waals surface area contributed by atoms with Crippen molar-refractivity contribution in [1.29, 1.82) is 0 Å². The third-order valence-corrected chi connectivity index (χ3v) is 3.72. The molecule has 1 N–H and O–H groups in total. The first kappa shape index (κ1) is 18.2. The largest absolute Gasteiger partial charge is 0.487 e. The van der Waals surface area contributed by atoms with Gasteiger partial charge in [0.2, 0.25) is 0 Å². The number of hydrogen-bond donors (Lipinski definition) is 1. The lowest BCUT2D eigenvalue weighted by Crippen LogP contribution is -2.47. The molecule has 0 saturated carbocycles. The first-order valence-corrected chi connectivity index (χ1v) is 8.33. The first-order valence-electron chi connectivity index (χ1n) is 8.33. The van der Waals surface area contributed by atoms with Crippen LogP contribution in [0.25, 0.3) is 5.69 Å². The van der Waals surface area contributed by atoms with Crippen LogP contribution in [0, 0.1) is 0 Å². The van der Waals surface area contributed by atoms with Crippen LogP contribution < -0.4 is 26.5 Å². The second-order valence-electron chi connectivity index (χ2n) is 6.13. The highest BCUT2D eigenvalue weighted by Gasteiger charge is 2.14. The van der Waals surface area contributed by atoms with Gasteiger partial charge >= 0.3 is 17.1 Å². The molecule has 8 nitrogen and oxygen atoms in total. The highest BCUT2D eigenvalue weighted by molar-refractivity contribution is 5.50. The topological polar surface area (TPSA) is 95.3 Å². The Bertz CT molecular complexity index is 1130. The van der Waals surface area contributed by atoms with Crippen molar-refractivity contribution in [2.75, 3.05) is 0 Å². The van der Waals surface area contributed by atoms with Gasteiger partial charge in [0.15, 0.2) is 11.5 Å².